The van der Waals surface area contributed by atoms with Crippen LogP contribution >= 0.6 is 0 Å². The zero-order chi connectivity index (χ0) is 20.2. The van der Waals surface area contributed by atoms with Gasteiger partial charge in [-0.1, -0.05) is 42.5 Å². The van der Waals surface area contributed by atoms with Gasteiger partial charge in [0.05, 0.1) is 24.0 Å². The molecular weight excluding hydrogens is 370 g/mol. The Morgan fingerprint density at radius 3 is 2.62 bits per heavy atom. The van der Waals surface area contributed by atoms with Crippen LogP contribution in [-0.4, -0.2) is 45.3 Å². The minimum atomic E-state index is -0.836. The normalized spacial score (nSPS) is 16.3. The third-order valence-corrected chi connectivity index (χ3v) is 4.80. The second-order valence-corrected chi connectivity index (χ2v) is 6.92. The van der Waals surface area contributed by atoms with Crippen LogP contribution in [-0.2, 0) is 22.6 Å². The van der Waals surface area contributed by atoms with Gasteiger partial charge >= 0.3 is 6.03 Å². The lowest BCUT2D eigenvalue weighted by Crippen LogP contribution is -2.37. The smallest absolute Gasteiger partial charge is 0.325 e. The van der Waals surface area contributed by atoms with Crippen LogP contribution in [0, 0.1) is 0 Å². The Bertz CT molecular complexity index is 1010. The van der Waals surface area contributed by atoms with Crippen molar-refractivity contribution in [1.29, 1.82) is 0 Å². The lowest BCUT2D eigenvalue weighted by atomic mass is 10.1. The molecular formula is C21H21N5O3. The molecule has 1 aliphatic heterocycles. The molecule has 8 heteroatoms. The molecule has 0 aliphatic carbocycles. The zero-order valence-electron chi connectivity index (χ0n) is 15.7. The van der Waals surface area contributed by atoms with E-state index in [-0.39, 0.29) is 24.8 Å². The standard InChI is InChI=1S/C21H21N5O3/c27-19(22-11-10-18-23-15-8-4-5-9-16(15)24-18)12-17-20(28)26(21(29)25-17)13-14-6-2-1-3-7-14/h1-9,17H,10-13H2,(H,22,27)(H,23,24)(H,25,29)/t17-/m1/s1. The van der Waals surface area contributed by atoms with Crippen LogP contribution < -0.4 is 10.6 Å². The van der Waals surface area contributed by atoms with E-state index in [0.29, 0.717) is 13.0 Å². The van der Waals surface area contributed by atoms with Crippen LogP contribution in [0.15, 0.2) is 54.6 Å². The molecule has 0 saturated carbocycles. The van der Waals surface area contributed by atoms with Crippen LogP contribution in [0.3, 0.4) is 0 Å². The molecule has 1 atom stereocenters. The molecule has 0 unspecified atom stereocenters. The Morgan fingerprint density at radius 1 is 1.07 bits per heavy atom. The van der Waals surface area contributed by atoms with Crippen LogP contribution in [0.25, 0.3) is 11.0 Å². The Hall–Kier alpha value is -3.68. The van der Waals surface area contributed by atoms with Crippen LogP contribution in [0.2, 0.25) is 0 Å². The molecule has 1 saturated heterocycles. The molecule has 8 nitrogen and oxygen atoms in total. The van der Waals surface area contributed by atoms with Crippen molar-refractivity contribution in [3.05, 3.63) is 66.0 Å². The highest BCUT2D eigenvalue weighted by molar-refractivity contribution is 6.05. The Morgan fingerprint density at radius 2 is 1.83 bits per heavy atom. The van der Waals surface area contributed by atoms with Crippen molar-refractivity contribution in [2.24, 2.45) is 0 Å². The summed E-state index contributed by atoms with van der Waals surface area (Å²) in [4.78, 5) is 45.6. The topological polar surface area (TPSA) is 107 Å². The maximum atomic E-state index is 12.5. The van der Waals surface area contributed by atoms with E-state index >= 15 is 0 Å². The highest BCUT2D eigenvalue weighted by Gasteiger charge is 2.38. The molecule has 0 bridgehead atoms. The van der Waals surface area contributed by atoms with E-state index < -0.39 is 12.1 Å². The van der Waals surface area contributed by atoms with Gasteiger partial charge < -0.3 is 15.6 Å². The van der Waals surface area contributed by atoms with E-state index in [0.717, 1.165) is 27.3 Å². The summed E-state index contributed by atoms with van der Waals surface area (Å²) < 4.78 is 0. The Labute approximate surface area is 167 Å². The number of benzene rings is 2. The van der Waals surface area contributed by atoms with Gasteiger partial charge in [-0.3, -0.25) is 14.5 Å². The van der Waals surface area contributed by atoms with Crippen LogP contribution in [0.5, 0.6) is 0 Å². The summed E-state index contributed by atoms with van der Waals surface area (Å²) >= 11 is 0. The van der Waals surface area contributed by atoms with Crippen LogP contribution in [0.4, 0.5) is 4.79 Å². The first-order valence-electron chi connectivity index (χ1n) is 9.46. The summed E-state index contributed by atoms with van der Waals surface area (Å²) in [5.74, 6) is 0.110. The summed E-state index contributed by atoms with van der Waals surface area (Å²) in [6.45, 7) is 0.580. The molecule has 1 aromatic heterocycles. The van der Waals surface area contributed by atoms with Gasteiger partial charge in [-0.2, -0.15) is 0 Å². The van der Waals surface area contributed by atoms with Crippen molar-refractivity contribution >= 4 is 28.9 Å². The number of fused-ring (bicyclic) bond motifs is 1. The number of rotatable bonds is 7. The molecule has 2 heterocycles. The summed E-state index contributed by atoms with van der Waals surface area (Å²) in [6.07, 6.45) is 0.460. The summed E-state index contributed by atoms with van der Waals surface area (Å²) in [5, 5.41) is 5.37. The number of imide groups is 1. The SMILES string of the molecule is O=C(C[C@H]1NC(=O)N(Cc2ccccc2)C1=O)NCCc1nc2ccccc2[nH]1. The molecule has 29 heavy (non-hydrogen) atoms. The van der Waals surface area contributed by atoms with Gasteiger partial charge in [0.1, 0.15) is 11.9 Å². The third kappa shape index (κ3) is 4.26. The van der Waals surface area contributed by atoms with Crippen molar-refractivity contribution in [3.63, 3.8) is 0 Å². The molecule has 2 aromatic carbocycles. The van der Waals surface area contributed by atoms with Gasteiger partial charge in [0, 0.05) is 13.0 Å². The number of urea groups is 1. The third-order valence-electron chi connectivity index (χ3n) is 4.80. The molecule has 0 spiro atoms. The number of aromatic amines is 1. The molecule has 4 amide bonds. The molecule has 148 valence electrons. The van der Waals surface area contributed by atoms with Gasteiger partial charge in [0.2, 0.25) is 5.91 Å². The Balaban J connectivity index is 1.27. The zero-order valence-corrected chi connectivity index (χ0v) is 15.7. The fourth-order valence-corrected chi connectivity index (χ4v) is 3.33. The lowest BCUT2D eigenvalue weighted by molar-refractivity contribution is -0.131. The summed E-state index contributed by atoms with van der Waals surface area (Å²) in [7, 11) is 0. The highest BCUT2D eigenvalue weighted by Crippen LogP contribution is 2.14. The molecule has 4 rings (SSSR count). The number of carbonyl (C=O) groups excluding carboxylic acids is 3. The largest absolute Gasteiger partial charge is 0.356 e. The molecule has 1 aliphatic rings. The number of imidazole rings is 1. The average Bonchev–Trinajstić information content (AvgIpc) is 3.24. The van der Waals surface area contributed by atoms with Crippen LogP contribution in [0.1, 0.15) is 17.8 Å². The number of nitrogens with zero attached hydrogens (tertiary/aromatic N) is 2. The van der Waals surface area contributed by atoms with Crippen molar-refractivity contribution in [3.8, 4) is 0 Å². The Kier molecular flexibility index (Phi) is 5.24. The minimum Gasteiger partial charge on any atom is -0.356 e. The first kappa shape index (κ1) is 18.7. The molecule has 0 radical (unpaired) electrons. The van der Waals surface area contributed by atoms with E-state index in [4.69, 9.17) is 0 Å². The van der Waals surface area contributed by atoms with Gasteiger partial charge in [0.15, 0.2) is 0 Å². The number of hydrogen-bond acceptors (Lipinski definition) is 4. The second kappa shape index (κ2) is 8.14. The number of H-pyrrole nitrogens is 1. The second-order valence-electron chi connectivity index (χ2n) is 6.92. The number of carbonyl (C=O) groups is 3. The minimum absolute atomic E-state index is 0.0873. The van der Waals surface area contributed by atoms with Crippen molar-refractivity contribution in [1.82, 2.24) is 25.5 Å². The number of nitrogens with one attached hydrogen (secondary N) is 3. The van der Waals surface area contributed by atoms with E-state index in [1.54, 1.807) is 0 Å². The lowest BCUT2D eigenvalue weighted by Gasteiger charge is -2.13. The van der Waals surface area contributed by atoms with E-state index in [1.807, 2.05) is 54.6 Å². The number of hydrogen-bond donors (Lipinski definition) is 3. The maximum Gasteiger partial charge on any atom is 0.325 e. The van der Waals surface area contributed by atoms with E-state index in [9.17, 15) is 14.4 Å². The number of aromatic nitrogens is 2. The first-order valence-corrected chi connectivity index (χ1v) is 9.46. The average molecular weight is 391 g/mol. The monoisotopic (exact) mass is 391 g/mol. The molecule has 1 fully saturated rings. The number of para-hydroxylation sites is 2. The molecule has 3 N–H and O–H groups in total. The summed E-state index contributed by atoms with van der Waals surface area (Å²) in [5.41, 5.74) is 2.69. The van der Waals surface area contributed by atoms with Crippen molar-refractivity contribution in [2.75, 3.05) is 6.54 Å². The van der Waals surface area contributed by atoms with E-state index in [1.165, 1.54) is 0 Å². The molecule has 3 aromatic rings. The fraction of sp³-hybridized carbons (Fsp3) is 0.238. The van der Waals surface area contributed by atoms with Gasteiger partial charge in [-0.05, 0) is 17.7 Å². The van der Waals surface area contributed by atoms with E-state index in [2.05, 4.69) is 20.6 Å². The maximum absolute atomic E-state index is 12.5. The number of amides is 4. The first-order chi connectivity index (χ1) is 14.1. The summed E-state index contributed by atoms with van der Waals surface area (Å²) in [6, 6.07) is 15.7. The van der Waals surface area contributed by atoms with Gasteiger partial charge in [0.25, 0.3) is 5.91 Å². The van der Waals surface area contributed by atoms with Crippen molar-refractivity contribution in [2.45, 2.75) is 25.4 Å². The fourth-order valence-electron chi connectivity index (χ4n) is 3.33. The predicted molar refractivity (Wildman–Crippen MR) is 107 cm³/mol. The van der Waals surface area contributed by atoms with Gasteiger partial charge in [-0.25, -0.2) is 9.78 Å². The quantitative estimate of drug-likeness (QED) is 0.533. The predicted octanol–water partition coefficient (Wildman–Crippen LogP) is 1.73. The van der Waals surface area contributed by atoms with Gasteiger partial charge in [-0.15, -0.1) is 0 Å². The van der Waals surface area contributed by atoms with Crippen molar-refractivity contribution < 1.29 is 14.4 Å². The highest BCUT2D eigenvalue weighted by atomic mass is 16.2.